The molecule has 0 aliphatic carbocycles. The fraction of sp³-hybridized carbons (Fsp3) is 0.538. The van der Waals surface area contributed by atoms with Crippen LogP contribution in [0.1, 0.15) is 31.4 Å². The SMILES string of the molecule is CCCNC1CCOc2c(OC)cccc21. The summed E-state index contributed by atoms with van der Waals surface area (Å²) >= 11 is 0. The first-order valence-electron chi connectivity index (χ1n) is 5.90. The van der Waals surface area contributed by atoms with Gasteiger partial charge in [-0.2, -0.15) is 0 Å². The highest BCUT2D eigenvalue weighted by Gasteiger charge is 2.23. The summed E-state index contributed by atoms with van der Waals surface area (Å²) in [6, 6.07) is 6.48. The Morgan fingerprint density at radius 3 is 3.12 bits per heavy atom. The van der Waals surface area contributed by atoms with Crippen LogP contribution in [0.2, 0.25) is 0 Å². The molecule has 0 saturated carbocycles. The topological polar surface area (TPSA) is 30.5 Å². The number of hydrogen-bond donors (Lipinski definition) is 1. The van der Waals surface area contributed by atoms with E-state index in [0.29, 0.717) is 6.04 Å². The van der Waals surface area contributed by atoms with Gasteiger partial charge in [0.05, 0.1) is 13.7 Å². The minimum atomic E-state index is 0.402. The predicted octanol–water partition coefficient (Wildman–Crippen LogP) is 2.52. The van der Waals surface area contributed by atoms with Crippen LogP contribution in [0.15, 0.2) is 18.2 Å². The number of ether oxygens (including phenoxy) is 2. The first kappa shape index (κ1) is 11.3. The summed E-state index contributed by atoms with van der Waals surface area (Å²) in [7, 11) is 1.68. The minimum absolute atomic E-state index is 0.402. The molecule has 1 aliphatic heterocycles. The quantitative estimate of drug-likeness (QED) is 0.847. The molecule has 1 aliphatic rings. The number of rotatable bonds is 4. The van der Waals surface area contributed by atoms with Crippen molar-refractivity contribution in [3.63, 3.8) is 0 Å². The van der Waals surface area contributed by atoms with Gasteiger partial charge in [0.15, 0.2) is 11.5 Å². The van der Waals surface area contributed by atoms with Crippen LogP contribution in [0, 0.1) is 0 Å². The van der Waals surface area contributed by atoms with Gasteiger partial charge in [0, 0.05) is 18.0 Å². The highest BCUT2D eigenvalue weighted by atomic mass is 16.5. The molecule has 1 unspecified atom stereocenters. The van der Waals surface area contributed by atoms with Crippen LogP contribution >= 0.6 is 0 Å². The van der Waals surface area contributed by atoms with Gasteiger partial charge in [-0.25, -0.2) is 0 Å². The number of para-hydroxylation sites is 1. The molecule has 0 aromatic heterocycles. The van der Waals surface area contributed by atoms with E-state index in [-0.39, 0.29) is 0 Å². The van der Waals surface area contributed by atoms with Crippen LogP contribution in [0.25, 0.3) is 0 Å². The average molecular weight is 221 g/mol. The van der Waals surface area contributed by atoms with Gasteiger partial charge >= 0.3 is 0 Å². The molecule has 0 radical (unpaired) electrons. The molecule has 2 rings (SSSR count). The molecule has 1 N–H and O–H groups in total. The Bertz CT molecular complexity index is 352. The Kier molecular flexibility index (Phi) is 3.67. The van der Waals surface area contributed by atoms with E-state index in [0.717, 1.165) is 37.5 Å². The van der Waals surface area contributed by atoms with E-state index in [1.165, 1.54) is 5.56 Å². The molecule has 88 valence electrons. The number of methoxy groups -OCH3 is 1. The number of nitrogens with one attached hydrogen (secondary N) is 1. The number of benzene rings is 1. The highest BCUT2D eigenvalue weighted by molar-refractivity contribution is 5.49. The van der Waals surface area contributed by atoms with Crippen molar-refractivity contribution in [2.45, 2.75) is 25.8 Å². The van der Waals surface area contributed by atoms with Crippen LogP contribution < -0.4 is 14.8 Å². The van der Waals surface area contributed by atoms with E-state index in [1.807, 2.05) is 12.1 Å². The number of hydrogen-bond acceptors (Lipinski definition) is 3. The molecule has 1 heterocycles. The van der Waals surface area contributed by atoms with E-state index in [4.69, 9.17) is 9.47 Å². The summed E-state index contributed by atoms with van der Waals surface area (Å²) in [5, 5.41) is 3.54. The van der Waals surface area contributed by atoms with E-state index in [1.54, 1.807) is 7.11 Å². The van der Waals surface area contributed by atoms with Crippen molar-refractivity contribution in [1.82, 2.24) is 5.32 Å². The van der Waals surface area contributed by atoms with Gasteiger partial charge in [-0.15, -0.1) is 0 Å². The first-order chi connectivity index (χ1) is 7.86. The molecular weight excluding hydrogens is 202 g/mol. The lowest BCUT2D eigenvalue weighted by molar-refractivity contribution is 0.239. The van der Waals surface area contributed by atoms with Crippen LogP contribution in [-0.2, 0) is 0 Å². The van der Waals surface area contributed by atoms with Crippen LogP contribution in [0.3, 0.4) is 0 Å². The van der Waals surface area contributed by atoms with Crippen molar-refractivity contribution in [2.75, 3.05) is 20.3 Å². The Balaban J connectivity index is 2.24. The zero-order valence-electron chi connectivity index (χ0n) is 9.95. The molecule has 3 nitrogen and oxygen atoms in total. The fourth-order valence-electron chi connectivity index (χ4n) is 2.09. The Labute approximate surface area is 96.8 Å². The maximum atomic E-state index is 5.69. The van der Waals surface area contributed by atoms with Crippen LogP contribution in [-0.4, -0.2) is 20.3 Å². The zero-order chi connectivity index (χ0) is 11.4. The van der Waals surface area contributed by atoms with Crippen molar-refractivity contribution in [1.29, 1.82) is 0 Å². The third-order valence-electron chi connectivity index (χ3n) is 2.90. The van der Waals surface area contributed by atoms with Crippen LogP contribution in [0.5, 0.6) is 11.5 Å². The second-order valence-electron chi connectivity index (χ2n) is 4.02. The Hall–Kier alpha value is -1.22. The lowest BCUT2D eigenvalue weighted by Crippen LogP contribution is -2.27. The third-order valence-corrected chi connectivity index (χ3v) is 2.90. The van der Waals surface area contributed by atoms with E-state index in [9.17, 15) is 0 Å². The molecule has 0 fully saturated rings. The predicted molar refractivity (Wildman–Crippen MR) is 64.1 cm³/mol. The van der Waals surface area contributed by atoms with Crippen molar-refractivity contribution in [3.05, 3.63) is 23.8 Å². The normalized spacial score (nSPS) is 18.8. The van der Waals surface area contributed by atoms with Crippen molar-refractivity contribution in [3.8, 4) is 11.5 Å². The van der Waals surface area contributed by atoms with Gasteiger partial charge in [-0.3, -0.25) is 0 Å². The summed E-state index contributed by atoms with van der Waals surface area (Å²) < 4.78 is 11.0. The summed E-state index contributed by atoms with van der Waals surface area (Å²) in [6.45, 7) is 3.98. The molecule has 0 amide bonds. The Morgan fingerprint density at radius 1 is 1.50 bits per heavy atom. The van der Waals surface area contributed by atoms with Crippen molar-refractivity contribution in [2.24, 2.45) is 0 Å². The smallest absolute Gasteiger partial charge is 0.165 e. The first-order valence-corrected chi connectivity index (χ1v) is 5.90. The second-order valence-corrected chi connectivity index (χ2v) is 4.02. The zero-order valence-corrected chi connectivity index (χ0v) is 9.95. The lowest BCUT2D eigenvalue weighted by Gasteiger charge is -2.27. The summed E-state index contributed by atoms with van der Waals surface area (Å²) in [6.07, 6.45) is 2.18. The maximum absolute atomic E-state index is 5.69. The van der Waals surface area contributed by atoms with E-state index >= 15 is 0 Å². The van der Waals surface area contributed by atoms with Gasteiger partial charge in [0.1, 0.15) is 0 Å². The molecular formula is C13H19NO2. The lowest BCUT2D eigenvalue weighted by atomic mass is 10.00. The minimum Gasteiger partial charge on any atom is -0.493 e. The number of fused-ring (bicyclic) bond motifs is 1. The van der Waals surface area contributed by atoms with Gasteiger partial charge in [0.2, 0.25) is 0 Å². The van der Waals surface area contributed by atoms with Crippen molar-refractivity contribution < 1.29 is 9.47 Å². The average Bonchev–Trinajstić information content (AvgIpc) is 2.35. The molecule has 0 spiro atoms. The van der Waals surface area contributed by atoms with Gasteiger partial charge in [-0.05, 0) is 19.0 Å². The largest absolute Gasteiger partial charge is 0.493 e. The van der Waals surface area contributed by atoms with E-state index in [2.05, 4.69) is 18.3 Å². The monoisotopic (exact) mass is 221 g/mol. The maximum Gasteiger partial charge on any atom is 0.165 e. The molecule has 1 aromatic carbocycles. The Morgan fingerprint density at radius 2 is 2.38 bits per heavy atom. The second kappa shape index (κ2) is 5.21. The van der Waals surface area contributed by atoms with E-state index < -0.39 is 0 Å². The molecule has 0 bridgehead atoms. The van der Waals surface area contributed by atoms with Crippen molar-refractivity contribution >= 4 is 0 Å². The molecule has 0 saturated heterocycles. The molecule has 16 heavy (non-hydrogen) atoms. The molecule has 3 heteroatoms. The van der Waals surface area contributed by atoms with Gasteiger partial charge < -0.3 is 14.8 Å². The molecule has 1 aromatic rings. The third kappa shape index (κ3) is 2.14. The van der Waals surface area contributed by atoms with Crippen LogP contribution in [0.4, 0.5) is 0 Å². The summed E-state index contributed by atoms with van der Waals surface area (Å²) in [4.78, 5) is 0. The fourth-order valence-corrected chi connectivity index (χ4v) is 2.09. The van der Waals surface area contributed by atoms with Gasteiger partial charge in [-0.1, -0.05) is 19.1 Å². The van der Waals surface area contributed by atoms with Gasteiger partial charge in [0.25, 0.3) is 0 Å². The highest BCUT2D eigenvalue weighted by Crippen LogP contribution is 2.38. The molecule has 1 atom stereocenters. The summed E-state index contributed by atoms with van der Waals surface area (Å²) in [5.74, 6) is 1.74. The standard InChI is InChI=1S/C13H19NO2/c1-3-8-14-11-7-9-16-13-10(11)5-4-6-12(13)15-2/h4-6,11,14H,3,7-9H2,1-2H3. The summed E-state index contributed by atoms with van der Waals surface area (Å²) in [5.41, 5.74) is 1.22.